The first kappa shape index (κ1) is 11.3. The summed E-state index contributed by atoms with van der Waals surface area (Å²) < 4.78 is 2.96. The molecule has 0 amide bonds. The molecule has 1 saturated heterocycles. The van der Waals surface area contributed by atoms with Crippen LogP contribution >= 0.6 is 24.0 Å². The third-order valence-electron chi connectivity index (χ3n) is 3.22. The number of rotatable bonds is 2. The monoisotopic (exact) mass is 265 g/mol. The Morgan fingerprint density at radius 2 is 2.47 bits per heavy atom. The van der Waals surface area contributed by atoms with Crippen LogP contribution < -0.4 is 0 Å². The molecule has 1 unspecified atom stereocenters. The molecule has 1 N–H and O–H groups in total. The molecule has 0 saturated carbocycles. The molecular formula is C12H15N3S2. The molecule has 1 aliphatic heterocycles. The number of H-pyrrole nitrogens is 1. The molecule has 1 aliphatic rings. The first-order valence-corrected chi connectivity index (χ1v) is 7.44. The molecule has 0 aliphatic carbocycles. The topological polar surface area (TPSA) is 33.6 Å². The van der Waals surface area contributed by atoms with Crippen LogP contribution in [0.1, 0.15) is 12.1 Å². The fourth-order valence-electron chi connectivity index (χ4n) is 2.28. The molecule has 0 aromatic carbocycles. The van der Waals surface area contributed by atoms with E-state index in [1.165, 1.54) is 17.9 Å². The van der Waals surface area contributed by atoms with E-state index in [0.717, 1.165) is 34.1 Å². The van der Waals surface area contributed by atoms with E-state index in [-0.39, 0.29) is 0 Å². The summed E-state index contributed by atoms with van der Waals surface area (Å²) in [5.41, 5.74) is 3.10. The minimum absolute atomic E-state index is 0.744. The fourth-order valence-corrected chi connectivity index (χ4v) is 3.82. The highest BCUT2D eigenvalue weighted by Crippen LogP contribution is 2.26. The summed E-state index contributed by atoms with van der Waals surface area (Å²) in [4.78, 5) is 7.83. The van der Waals surface area contributed by atoms with Crippen molar-refractivity contribution in [2.75, 3.05) is 11.5 Å². The standard InChI is InChI=1S/C12H15N3S2/c1-8-2-3-10-11(13-8)15(12(16)14-10)6-9-4-5-17-7-9/h2-3,9H,4-7H2,1H3,(H,14,16). The summed E-state index contributed by atoms with van der Waals surface area (Å²) >= 11 is 7.43. The zero-order valence-electron chi connectivity index (χ0n) is 9.77. The van der Waals surface area contributed by atoms with Gasteiger partial charge in [0.25, 0.3) is 0 Å². The lowest BCUT2D eigenvalue weighted by Crippen LogP contribution is -2.10. The Hall–Kier alpha value is -0.810. The predicted molar refractivity (Wildman–Crippen MR) is 75.1 cm³/mol. The van der Waals surface area contributed by atoms with Gasteiger partial charge in [0.15, 0.2) is 10.4 Å². The van der Waals surface area contributed by atoms with Crippen molar-refractivity contribution in [3.8, 4) is 0 Å². The summed E-state index contributed by atoms with van der Waals surface area (Å²) in [6, 6.07) is 4.08. The Kier molecular flexibility index (Phi) is 2.96. The molecule has 1 fully saturated rings. The van der Waals surface area contributed by atoms with Gasteiger partial charge in [0, 0.05) is 12.2 Å². The van der Waals surface area contributed by atoms with Crippen molar-refractivity contribution in [2.24, 2.45) is 5.92 Å². The lowest BCUT2D eigenvalue weighted by atomic mass is 10.1. The van der Waals surface area contributed by atoms with Crippen LogP contribution in [0, 0.1) is 17.6 Å². The maximum absolute atomic E-state index is 5.39. The van der Waals surface area contributed by atoms with E-state index in [1.807, 2.05) is 24.8 Å². The number of hydrogen-bond donors (Lipinski definition) is 1. The molecule has 90 valence electrons. The lowest BCUT2D eigenvalue weighted by molar-refractivity contribution is 0.495. The normalized spacial score (nSPS) is 20.2. The zero-order chi connectivity index (χ0) is 11.8. The van der Waals surface area contributed by atoms with Gasteiger partial charge in [0.05, 0.1) is 5.52 Å². The summed E-state index contributed by atoms with van der Waals surface area (Å²) in [5.74, 6) is 3.28. The van der Waals surface area contributed by atoms with E-state index >= 15 is 0 Å². The van der Waals surface area contributed by atoms with Crippen molar-refractivity contribution < 1.29 is 0 Å². The minimum atomic E-state index is 0.744. The maximum atomic E-state index is 5.39. The van der Waals surface area contributed by atoms with Crippen molar-refractivity contribution >= 4 is 35.1 Å². The van der Waals surface area contributed by atoms with Crippen LogP contribution in [0.4, 0.5) is 0 Å². The third kappa shape index (κ3) is 2.13. The van der Waals surface area contributed by atoms with Crippen LogP contribution in [0.3, 0.4) is 0 Å². The van der Waals surface area contributed by atoms with Gasteiger partial charge in [-0.3, -0.25) is 0 Å². The highest BCUT2D eigenvalue weighted by Gasteiger charge is 2.18. The number of aromatic amines is 1. The molecule has 3 heterocycles. The first-order valence-electron chi connectivity index (χ1n) is 5.88. The molecule has 17 heavy (non-hydrogen) atoms. The summed E-state index contributed by atoms with van der Waals surface area (Å²) in [6.07, 6.45) is 1.30. The lowest BCUT2D eigenvalue weighted by Gasteiger charge is -2.09. The Morgan fingerprint density at radius 1 is 1.59 bits per heavy atom. The maximum Gasteiger partial charge on any atom is 0.179 e. The van der Waals surface area contributed by atoms with Gasteiger partial charge in [-0.15, -0.1) is 0 Å². The smallest absolute Gasteiger partial charge is 0.179 e. The second kappa shape index (κ2) is 4.46. The SMILES string of the molecule is Cc1ccc2[nH]c(=S)n(CC3CCSC3)c2n1. The molecule has 0 bridgehead atoms. The Labute approximate surface area is 110 Å². The molecule has 0 spiro atoms. The Balaban J connectivity index is 2.04. The molecule has 1 atom stereocenters. The Bertz CT molecular complexity index is 593. The van der Waals surface area contributed by atoms with Gasteiger partial charge in [-0.05, 0) is 55.1 Å². The van der Waals surface area contributed by atoms with Crippen LogP contribution in [0.15, 0.2) is 12.1 Å². The molecule has 5 heteroatoms. The molecule has 2 aromatic heterocycles. The van der Waals surface area contributed by atoms with E-state index < -0.39 is 0 Å². The van der Waals surface area contributed by atoms with E-state index in [4.69, 9.17) is 12.2 Å². The summed E-state index contributed by atoms with van der Waals surface area (Å²) in [6.45, 7) is 3.02. The highest BCUT2D eigenvalue weighted by atomic mass is 32.2. The van der Waals surface area contributed by atoms with Crippen molar-refractivity contribution in [1.29, 1.82) is 0 Å². The number of fused-ring (bicyclic) bond motifs is 1. The highest BCUT2D eigenvalue weighted by molar-refractivity contribution is 7.99. The predicted octanol–water partition coefficient (Wildman–Crippen LogP) is 3.16. The van der Waals surface area contributed by atoms with Crippen LogP contribution in [-0.4, -0.2) is 26.0 Å². The van der Waals surface area contributed by atoms with Crippen molar-refractivity contribution in [2.45, 2.75) is 19.9 Å². The second-order valence-corrected chi connectivity index (χ2v) is 6.13. The average Bonchev–Trinajstić information content (AvgIpc) is 2.90. The molecular weight excluding hydrogens is 250 g/mol. The molecule has 3 nitrogen and oxygen atoms in total. The van der Waals surface area contributed by atoms with Crippen LogP contribution in [-0.2, 0) is 6.54 Å². The van der Waals surface area contributed by atoms with E-state index in [2.05, 4.69) is 20.6 Å². The van der Waals surface area contributed by atoms with Crippen LogP contribution in [0.2, 0.25) is 0 Å². The van der Waals surface area contributed by atoms with Gasteiger partial charge in [-0.1, -0.05) is 0 Å². The minimum Gasteiger partial charge on any atom is -0.329 e. The number of nitrogens with one attached hydrogen (secondary N) is 1. The number of pyridine rings is 1. The van der Waals surface area contributed by atoms with Gasteiger partial charge in [-0.2, -0.15) is 11.8 Å². The Morgan fingerprint density at radius 3 is 3.24 bits per heavy atom. The fraction of sp³-hybridized carbons (Fsp3) is 0.500. The number of nitrogens with zero attached hydrogens (tertiary/aromatic N) is 2. The number of hydrogen-bond acceptors (Lipinski definition) is 3. The van der Waals surface area contributed by atoms with Crippen LogP contribution in [0.5, 0.6) is 0 Å². The van der Waals surface area contributed by atoms with Crippen molar-refractivity contribution in [1.82, 2.24) is 14.5 Å². The van der Waals surface area contributed by atoms with Gasteiger partial charge >= 0.3 is 0 Å². The van der Waals surface area contributed by atoms with Gasteiger partial charge in [0.1, 0.15) is 0 Å². The molecule has 3 rings (SSSR count). The van der Waals surface area contributed by atoms with Gasteiger partial charge in [-0.25, -0.2) is 4.98 Å². The van der Waals surface area contributed by atoms with E-state index in [9.17, 15) is 0 Å². The largest absolute Gasteiger partial charge is 0.329 e. The van der Waals surface area contributed by atoms with Crippen LogP contribution in [0.25, 0.3) is 11.2 Å². The molecule has 2 aromatic rings. The number of aromatic nitrogens is 3. The second-order valence-electron chi connectivity index (χ2n) is 4.59. The van der Waals surface area contributed by atoms with E-state index in [0.29, 0.717) is 0 Å². The first-order chi connectivity index (χ1) is 8.24. The number of aryl methyl sites for hydroxylation is 1. The quantitative estimate of drug-likeness (QED) is 0.847. The van der Waals surface area contributed by atoms with E-state index in [1.54, 1.807) is 0 Å². The average molecular weight is 265 g/mol. The number of imidazole rings is 1. The van der Waals surface area contributed by atoms with Crippen molar-refractivity contribution in [3.63, 3.8) is 0 Å². The summed E-state index contributed by atoms with van der Waals surface area (Å²) in [5, 5.41) is 0. The number of thioether (sulfide) groups is 1. The van der Waals surface area contributed by atoms with Gasteiger partial charge < -0.3 is 9.55 Å². The van der Waals surface area contributed by atoms with Crippen molar-refractivity contribution in [3.05, 3.63) is 22.6 Å². The summed E-state index contributed by atoms with van der Waals surface area (Å²) in [7, 11) is 0. The molecule has 0 radical (unpaired) electrons. The zero-order valence-corrected chi connectivity index (χ0v) is 11.4. The van der Waals surface area contributed by atoms with Gasteiger partial charge in [0.2, 0.25) is 0 Å². The third-order valence-corrected chi connectivity index (χ3v) is 4.78.